The highest BCUT2D eigenvalue weighted by Crippen LogP contribution is 2.59. The van der Waals surface area contributed by atoms with Crippen LogP contribution in [0.2, 0.25) is 0 Å². The number of carbonyl (C=O) groups excluding carboxylic acids is 2. The maximum atomic E-state index is 14.3. The summed E-state index contributed by atoms with van der Waals surface area (Å²) in [5.41, 5.74) is 0.367. The van der Waals surface area contributed by atoms with Crippen LogP contribution in [0, 0.1) is 23.4 Å². The molecule has 0 aromatic heterocycles. The molecule has 2 aliphatic heterocycles. The molecule has 1 atom stereocenters. The fraction of sp³-hybridized carbons (Fsp3) is 0.333. The normalized spacial score (nSPS) is 19.8. The number of hydrogen-bond acceptors (Lipinski definition) is 4. The molecular weight excluding hydrogens is 555 g/mol. The van der Waals surface area contributed by atoms with Crippen molar-refractivity contribution in [1.82, 2.24) is 4.90 Å². The van der Waals surface area contributed by atoms with E-state index in [1.807, 2.05) is 0 Å². The van der Waals surface area contributed by atoms with E-state index in [0.717, 1.165) is 43.2 Å². The van der Waals surface area contributed by atoms with Gasteiger partial charge in [-0.05, 0) is 97.8 Å². The van der Waals surface area contributed by atoms with Crippen molar-refractivity contribution < 1.29 is 31.2 Å². The molecule has 2 heterocycles. The zero-order valence-electron chi connectivity index (χ0n) is 22.2. The summed E-state index contributed by atoms with van der Waals surface area (Å²) in [5, 5.41) is 2.64. The van der Waals surface area contributed by atoms with Crippen molar-refractivity contribution in [3.8, 4) is 0 Å². The third-order valence-electron chi connectivity index (χ3n) is 8.56. The second-order valence-corrected chi connectivity index (χ2v) is 12.8. The molecule has 2 amide bonds. The number of halogens is 3. The molecule has 1 unspecified atom stereocenters. The predicted octanol–water partition coefficient (Wildman–Crippen LogP) is 5.22. The fourth-order valence-electron chi connectivity index (χ4n) is 6.45. The minimum absolute atomic E-state index is 0.0346. The third kappa shape index (κ3) is 4.65. The third-order valence-corrected chi connectivity index (χ3v) is 10.4. The van der Waals surface area contributed by atoms with E-state index < -0.39 is 50.4 Å². The lowest BCUT2D eigenvalue weighted by Gasteiger charge is -2.45. The van der Waals surface area contributed by atoms with Gasteiger partial charge in [0, 0.05) is 31.1 Å². The highest BCUT2D eigenvalue weighted by atomic mass is 32.2. The largest absolute Gasteiger partial charge is 0.343 e. The van der Waals surface area contributed by atoms with Gasteiger partial charge in [0.15, 0.2) is 0 Å². The highest BCUT2D eigenvalue weighted by Gasteiger charge is 2.60. The van der Waals surface area contributed by atoms with E-state index in [4.69, 9.17) is 0 Å². The van der Waals surface area contributed by atoms with Gasteiger partial charge in [0.1, 0.15) is 17.5 Å². The molecule has 214 valence electrons. The van der Waals surface area contributed by atoms with Crippen LogP contribution in [0.3, 0.4) is 0 Å². The molecule has 0 radical (unpaired) electrons. The van der Waals surface area contributed by atoms with Crippen molar-refractivity contribution in [3.63, 3.8) is 0 Å². The number of rotatable bonds is 5. The number of nitrogens with one attached hydrogen (secondary N) is 1. The lowest BCUT2D eigenvalue weighted by atomic mass is 9.68. The standard InChI is InChI=1S/C30H28F3N3O4S/c1-18(37)35-14-12-30(13-15-35)25-17-22(34-29(38)24-16-21(32)6-10-26(24)33)7-11-27(25)36(28(30)19-2-3-19)41(39,40)23-8-4-20(31)5-9-23/h4-11,16-17,19,28H,2-3,12-15H2,1H3,(H,34,38). The van der Waals surface area contributed by atoms with E-state index in [1.165, 1.54) is 29.4 Å². The lowest BCUT2D eigenvalue weighted by molar-refractivity contribution is -0.130. The minimum atomic E-state index is -4.11. The number of anilines is 2. The molecule has 1 spiro atoms. The molecule has 1 aliphatic carbocycles. The summed E-state index contributed by atoms with van der Waals surface area (Å²) in [6.07, 6.45) is 2.70. The van der Waals surface area contributed by atoms with Crippen molar-refractivity contribution in [2.24, 2.45) is 5.92 Å². The maximum absolute atomic E-state index is 14.3. The Morgan fingerprint density at radius 1 is 0.902 bits per heavy atom. The van der Waals surface area contributed by atoms with Crippen LogP contribution in [0.5, 0.6) is 0 Å². The molecule has 7 nitrogen and oxygen atoms in total. The molecule has 1 saturated carbocycles. The van der Waals surface area contributed by atoms with Crippen LogP contribution in [0.15, 0.2) is 65.6 Å². The first-order valence-corrected chi connectivity index (χ1v) is 14.9. The number of benzene rings is 3. The molecular formula is C30H28F3N3O4S. The zero-order valence-corrected chi connectivity index (χ0v) is 23.1. The van der Waals surface area contributed by atoms with Crippen LogP contribution in [-0.2, 0) is 20.2 Å². The first-order valence-electron chi connectivity index (χ1n) is 13.5. The number of nitrogens with zero attached hydrogens (tertiary/aromatic N) is 2. The molecule has 1 N–H and O–H groups in total. The smallest absolute Gasteiger partial charge is 0.264 e. The van der Waals surface area contributed by atoms with E-state index in [1.54, 1.807) is 17.0 Å². The quantitative estimate of drug-likeness (QED) is 0.446. The summed E-state index contributed by atoms with van der Waals surface area (Å²) in [4.78, 5) is 26.8. The molecule has 6 rings (SSSR count). The molecule has 2 fully saturated rings. The van der Waals surface area contributed by atoms with Gasteiger partial charge in [-0.1, -0.05) is 0 Å². The Morgan fingerprint density at radius 2 is 1.56 bits per heavy atom. The molecule has 3 aliphatic rings. The average Bonchev–Trinajstić information content (AvgIpc) is 3.74. The maximum Gasteiger partial charge on any atom is 0.264 e. The highest BCUT2D eigenvalue weighted by molar-refractivity contribution is 7.92. The Labute approximate surface area is 236 Å². The van der Waals surface area contributed by atoms with E-state index in [-0.39, 0.29) is 16.7 Å². The fourth-order valence-corrected chi connectivity index (χ4v) is 8.25. The summed E-state index contributed by atoms with van der Waals surface area (Å²) < 4.78 is 71.5. The number of likely N-dealkylation sites (tertiary alicyclic amines) is 1. The summed E-state index contributed by atoms with van der Waals surface area (Å²) >= 11 is 0. The molecule has 11 heteroatoms. The number of sulfonamides is 1. The predicted molar refractivity (Wildman–Crippen MR) is 146 cm³/mol. The van der Waals surface area contributed by atoms with Crippen molar-refractivity contribution in [1.29, 1.82) is 0 Å². The van der Waals surface area contributed by atoms with Crippen molar-refractivity contribution in [3.05, 3.63) is 89.2 Å². The van der Waals surface area contributed by atoms with Crippen molar-refractivity contribution in [2.45, 2.75) is 49.0 Å². The molecule has 1 saturated heterocycles. The van der Waals surface area contributed by atoms with Gasteiger partial charge in [0.25, 0.3) is 15.9 Å². The molecule has 41 heavy (non-hydrogen) atoms. The molecule has 3 aromatic rings. The summed E-state index contributed by atoms with van der Waals surface area (Å²) in [5.74, 6) is -2.99. The van der Waals surface area contributed by atoms with Gasteiger partial charge in [0.05, 0.1) is 22.2 Å². The number of carbonyl (C=O) groups is 2. The topological polar surface area (TPSA) is 86.8 Å². The van der Waals surface area contributed by atoms with E-state index >= 15 is 0 Å². The van der Waals surface area contributed by atoms with Gasteiger partial charge in [-0.15, -0.1) is 0 Å². The minimum Gasteiger partial charge on any atom is -0.343 e. The van der Waals surface area contributed by atoms with Gasteiger partial charge >= 0.3 is 0 Å². The van der Waals surface area contributed by atoms with E-state index in [2.05, 4.69) is 5.32 Å². The van der Waals surface area contributed by atoms with Crippen LogP contribution < -0.4 is 9.62 Å². The Hall–Kier alpha value is -3.86. The lowest BCUT2D eigenvalue weighted by Crippen LogP contribution is -2.54. The van der Waals surface area contributed by atoms with E-state index in [0.29, 0.717) is 42.9 Å². The molecule has 0 bridgehead atoms. The number of piperidine rings is 1. The second kappa shape index (κ2) is 9.90. The monoisotopic (exact) mass is 583 g/mol. The van der Waals surface area contributed by atoms with Crippen LogP contribution in [0.4, 0.5) is 24.5 Å². The number of fused-ring (bicyclic) bond motifs is 2. The van der Waals surface area contributed by atoms with E-state index in [9.17, 15) is 31.2 Å². The summed E-state index contributed by atoms with van der Waals surface area (Å²) in [7, 11) is -4.11. The van der Waals surface area contributed by atoms with Crippen LogP contribution >= 0.6 is 0 Å². The Morgan fingerprint density at radius 3 is 2.20 bits per heavy atom. The molecule has 3 aromatic carbocycles. The number of amides is 2. The van der Waals surface area contributed by atoms with Gasteiger partial charge in [-0.3, -0.25) is 13.9 Å². The van der Waals surface area contributed by atoms with Gasteiger partial charge in [0.2, 0.25) is 5.91 Å². The van der Waals surface area contributed by atoms with Crippen LogP contribution in [0.1, 0.15) is 48.5 Å². The average molecular weight is 584 g/mol. The van der Waals surface area contributed by atoms with Gasteiger partial charge in [-0.2, -0.15) is 0 Å². The van der Waals surface area contributed by atoms with Crippen LogP contribution in [-0.4, -0.2) is 44.3 Å². The Bertz CT molecular complexity index is 1650. The Balaban J connectivity index is 1.46. The van der Waals surface area contributed by atoms with Gasteiger partial charge in [-0.25, -0.2) is 21.6 Å². The van der Waals surface area contributed by atoms with Crippen molar-refractivity contribution in [2.75, 3.05) is 22.7 Å². The van der Waals surface area contributed by atoms with Gasteiger partial charge < -0.3 is 10.2 Å². The summed E-state index contributed by atoms with van der Waals surface area (Å²) in [6, 6.07) is 11.8. The first kappa shape index (κ1) is 27.3. The number of hydrogen-bond donors (Lipinski definition) is 1. The van der Waals surface area contributed by atoms with Crippen LogP contribution in [0.25, 0.3) is 0 Å². The zero-order chi connectivity index (χ0) is 29.1. The SMILES string of the molecule is CC(=O)N1CCC2(CC1)c1cc(NC(=O)c3cc(F)ccc3F)ccc1N(S(=O)(=O)c1ccc(F)cc1)C2C1CC1. The second-order valence-electron chi connectivity index (χ2n) is 11.0. The Kier molecular flexibility index (Phi) is 6.60. The van der Waals surface area contributed by atoms with Crippen molar-refractivity contribution >= 4 is 33.2 Å². The summed E-state index contributed by atoms with van der Waals surface area (Å²) in [6.45, 7) is 2.38. The first-order chi connectivity index (χ1) is 19.5.